The molecule has 0 aliphatic rings. The van der Waals surface area contributed by atoms with Gasteiger partial charge in [-0.15, -0.1) is 0 Å². The Hall–Kier alpha value is -1.85. The summed E-state index contributed by atoms with van der Waals surface area (Å²) in [4.78, 5) is 27.9. The molecule has 0 radical (unpaired) electrons. The van der Waals surface area contributed by atoms with E-state index in [1.165, 1.54) is 12.1 Å². The summed E-state index contributed by atoms with van der Waals surface area (Å²) >= 11 is 11.7. The minimum absolute atomic E-state index is 0.179. The molecular formula is C11H6Cl2N2O3. The summed E-state index contributed by atoms with van der Waals surface area (Å²) in [5.74, 6) is -1.25. The first-order chi connectivity index (χ1) is 8.47. The first kappa shape index (κ1) is 12.6. The molecule has 18 heavy (non-hydrogen) atoms. The average Bonchev–Trinajstić information content (AvgIpc) is 2.27. The number of benzene rings is 1. The maximum atomic E-state index is 11.3. The van der Waals surface area contributed by atoms with Gasteiger partial charge in [0.25, 0.3) is 0 Å². The number of nitrogens with one attached hydrogen (secondary N) is 1. The van der Waals surface area contributed by atoms with Gasteiger partial charge in [-0.05, 0) is 24.3 Å². The van der Waals surface area contributed by atoms with Gasteiger partial charge < -0.3 is 5.11 Å². The quantitative estimate of drug-likeness (QED) is 0.887. The van der Waals surface area contributed by atoms with Crippen molar-refractivity contribution >= 4 is 29.2 Å². The predicted octanol–water partition coefficient (Wildman–Crippen LogP) is 2.44. The Morgan fingerprint density at radius 1 is 1.28 bits per heavy atom. The summed E-state index contributed by atoms with van der Waals surface area (Å²) in [5.41, 5.74) is -0.389. The zero-order chi connectivity index (χ0) is 13.3. The van der Waals surface area contributed by atoms with E-state index in [9.17, 15) is 9.59 Å². The van der Waals surface area contributed by atoms with Crippen molar-refractivity contribution in [3.8, 4) is 11.3 Å². The Kier molecular flexibility index (Phi) is 3.36. The Balaban J connectivity index is 2.64. The Labute approximate surface area is 111 Å². The number of hydrogen-bond acceptors (Lipinski definition) is 3. The van der Waals surface area contributed by atoms with Crippen LogP contribution >= 0.6 is 23.2 Å². The molecule has 7 heteroatoms. The van der Waals surface area contributed by atoms with E-state index in [0.29, 0.717) is 10.6 Å². The molecule has 92 valence electrons. The summed E-state index contributed by atoms with van der Waals surface area (Å²) in [6, 6.07) is 5.87. The van der Waals surface area contributed by atoms with Crippen LogP contribution in [0.1, 0.15) is 10.5 Å². The van der Waals surface area contributed by atoms with Gasteiger partial charge in [0.15, 0.2) is 0 Å². The van der Waals surface area contributed by atoms with Crippen molar-refractivity contribution in [1.82, 2.24) is 9.97 Å². The lowest BCUT2D eigenvalue weighted by molar-refractivity contribution is 0.0690. The summed E-state index contributed by atoms with van der Waals surface area (Å²) < 4.78 is 0. The first-order valence-corrected chi connectivity index (χ1v) is 5.53. The minimum atomic E-state index is -1.25. The SMILES string of the molecule is O=C(O)c1cc(-c2ccc(Cl)cc2Cl)nc(=O)[nH]1. The fourth-order valence-corrected chi connectivity index (χ4v) is 1.91. The van der Waals surface area contributed by atoms with Crippen LogP contribution in [0.15, 0.2) is 29.1 Å². The third-order valence-electron chi connectivity index (χ3n) is 2.18. The molecule has 0 saturated carbocycles. The predicted molar refractivity (Wildman–Crippen MR) is 67.3 cm³/mol. The third-order valence-corrected chi connectivity index (χ3v) is 2.73. The Morgan fingerprint density at radius 3 is 2.61 bits per heavy atom. The average molecular weight is 285 g/mol. The highest BCUT2D eigenvalue weighted by molar-refractivity contribution is 6.36. The van der Waals surface area contributed by atoms with E-state index >= 15 is 0 Å². The fraction of sp³-hybridized carbons (Fsp3) is 0. The third kappa shape index (κ3) is 2.52. The molecule has 0 fully saturated rings. The summed E-state index contributed by atoms with van der Waals surface area (Å²) in [5, 5.41) is 9.57. The zero-order valence-electron chi connectivity index (χ0n) is 8.78. The van der Waals surface area contributed by atoms with Crippen LogP contribution < -0.4 is 5.69 Å². The van der Waals surface area contributed by atoms with Crippen molar-refractivity contribution < 1.29 is 9.90 Å². The number of hydrogen-bond donors (Lipinski definition) is 2. The molecule has 5 nitrogen and oxygen atoms in total. The first-order valence-electron chi connectivity index (χ1n) is 4.77. The summed E-state index contributed by atoms with van der Waals surface area (Å²) in [6.45, 7) is 0. The number of aromatic carboxylic acids is 1. The number of H-pyrrole nitrogens is 1. The van der Waals surface area contributed by atoms with Gasteiger partial charge in [-0.2, -0.15) is 4.98 Å². The molecule has 2 aromatic rings. The second-order valence-corrected chi connectivity index (χ2v) is 4.26. The maximum absolute atomic E-state index is 11.3. The van der Waals surface area contributed by atoms with E-state index in [4.69, 9.17) is 28.3 Å². The van der Waals surface area contributed by atoms with Gasteiger partial charge in [0.1, 0.15) is 5.69 Å². The Morgan fingerprint density at radius 2 is 2.00 bits per heavy atom. The molecule has 0 aliphatic carbocycles. The molecule has 1 heterocycles. The van der Waals surface area contributed by atoms with Gasteiger partial charge in [-0.25, -0.2) is 9.59 Å². The van der Waals surface area contributed by atoms with Crippen LogP contribution in [0.2, 0.25) is 10.0 Å². The molecule has 0 aliphatic heterocycles. The number of halogens is 2. The van der Waals surface area contributed by atoms with Crippen LogP contribution in [-0.2, 0) is 0 Å². The van der Waals surface area contributed by atoms with E-state index in [0.717, 1.165) is 0 Å². The molecule has 1 aromatic heterocycles. The maximum Gasteiger partial charge on any atom is 0.352 e. The largest absolute Gasteiger partial charge is 0.477 e. The summed E-state index contributed by atoms with van der Waals surface area (Å²) in [6.07, 6.45) is 0. The number of carboxylic acids is 1. The van der Waals surface area contributed by atoms with Gasteiger partial charge in [-0.1, -0.05) is 23.2 Å². The second kappa shape index (κ2) is 4.80. The molecule has 2 rings (SSSR count). The zero-order valence-corrected chi connectivity index (χ0v) is 10.3. The van der Waals surface area contributed by atoms with Crippen molar-refractivity contribution in [2.45, 2.75) is 0 Å². The van der Waals surface area contributed by atoms with Crippen LogP contribution in [-0.4, -0.2) is 21.0 Å². The van der Waals surface area contributed by atoms with E-state index in [-0.39, 0.29) is 16.4 Å². The van der Waals surface area contributed by atoms with Crippen molar-refractivity contribution in [2.75, 3.05) is 0 Å². The number of carboxylic acid groups (broad SMARTS) is 1. The van der Waals surface area contributed by atoms with Gasteiger partial charge in [0.05, 0.1) is 10.7 Å². The molecule has 1 aromatic carbocycles. The van der Waals surface area contributed by atoms with Gasteiger partial charge in [0, 0.05) is 10.6 Å². The monoisotopic (exact) mass is 284 g/mol. The highest BCUT2D eigenvalue weighted by atomic mass is 35.5. The van der Waals surface area contributed by atoms with Crippen molar-refractivity contribution in [1.29, 1.82) is 0 Å². The van der Waals surface area contributed by atoms with E-state index in [1.54, 1.807) is 12.1 Å². The number of aromatic amines is 1. The molecule has 0 atom stereocenters. The van der Waals surface area contributed by atoms with Crippen LogP contribution in [0.4, 0.5) is 0 Å². The van der Waals surface area contributed by atoms with E-state index in [2.05, 4.69) is 9.97 Å². The highest BCUT2D eigenvalue weighted by Crippen LogP contribution is 2.28. The van der Waals surface area contributed by atoms with E-state index in [1.807, 2.05) is 0 Å². The lowest BCUT2D eigenvalue weighted by atomic mass is 10.1. The molecule has 0 amide bonds. The van der Waals surface area contributed by atoms with Gasteiger partial charge in [0.2, 0.25) is 0 Å². The van der Waals surface area contributed by atoms with Crippen molar-refractivity contribution in [3.05, 3.63) is 50.5 Å². The molecule has 0 bridgehead atoms. The van der Waals surface area contributed by atoms with Gasteiger partial charge in [-0.3, -0.25) is 4.98 Å². The second-order valence-electron chi connectivity index (χ2n) is 3.41. The lowest BCUT2D eigenvalue weighted by Crippen LogP contribution is -2.16. The van der Waals surface area contributed by atoms with Crippen molar-refractivity contribution in [3.63, 3.8) is 0 Å². The molecule has 2 N–H and O–H groups in total. The smallest absolute Gasteiger partial charge is 0.352 e. The normalized spacial score (nSPS) is 10.3. The summed E-state index contributed by atoms with van der Waals surface area (Å²) in [7, 11) is 0. The standard InChI is InChI=1S/C11H6Cl2N2O3/c12-5-1-2-6(7(13)3-5)8-4-9(10(16)17)15-11(18)14-8/h1-4H,(H,16,17)(H,14,15,18). The van der Waals surface area contributed by atoms with Crippen LogP contribution in [0.3, 0.4) is 0 Å². The molecule has 0 unspecified atom stereocenters. The number of aromatic nitrogens is 2. The van der Waals surface area contributed by atoms with E-state index < -0.39 is 11.7 Å². The lowest BCUT2D eigenvalue weighted by Gasteiger charge is -2.04. The number of rotatable bonds is 2. The minimum Gasteiger partial charge on any atom is -0.477 e. The molecular weight excluding hydrogens is 279 g/mol. The van der Waals surface area contributed by atoms with Crippen LogP contribution in [0, 0.1) is 0 Å². The van der Waals surface area contributed by atoms with Crippen LogP contribution in [0.25, 0.3) is 11.3 Å². The number of nitrogens with zero attached hydrogens (tertiary/aromatic N) is 1. The molecule has 0 spiro atoms. The topological polar surface area (TPSA) is 83.0 Å². The van der Waals surface area contributed by atoms with Gasteiger partial charge >= 0.3 is 11.7 Å². The fourth-order valence-electron chi connectivity index (χ4n) is 1.41. The Bertz CT molecular complexity index is 682. The van der Waals surface area contributed by atoms with Crippen LogP contribution in [0.5, 0.6) is 0 Å². The number of carbonyl (C=O) groups is 1. The molecule has 0 saturated heterocycles. The highest BCUT2D eigenvalue weighted by Gasteiger charge is 2.11. The van der Waals surface area contributed by atoms with Crippen molar-refractivity contribution in [2.24, 2.45) is 0 Å².